The lowest BCUT2D eigenvalue weighted by Crippen LogP contribution is -2.29. The van der Waals surface area contributed by atoms with Crippen LogP contribution in [0.4, 0.5) is 0 Å². The van der Waals surface area contributed by atoms with Crippen molar-refractivity contribution in [2.24, 2.45) is 0 Å². The minimum atomic E-state index is -0.424. The summed E-state index contributed by atoms with van der Waals surface area (Å²) in [5.41, 5.74) is -0.424. The third kappa shape index (κ3) is 7.68. The number of carbonyl (C=O) groups is 1. The highest BCUT2D eigenvalue weighted by atomic mass is 32.2. The van der Waals surface area contributed by atoms with E-state index in [0.29, 0.717) is 6.42 Å². The van der Waals surface area contributed by atoms with Crippen LogP contribution in [0.25, 0.3) is 0 Å². The van der Waals surface area contributed by atoms with Crippen molar-refractivity contribution in [1.29, 1.82) is 0 Å². The van der Waals surface area contributed by atoms with E-state index in [1.807, 2.05) is 34.6 Å². The maximum absolute atomic E-state index is 11.6. The largest absolute Gasteiger partial charge is 0.459 e. The Morgan fingerprint density at radius 1 is 1.40 bits per heavy atom. The molecule has 0 radical (unpaired) electrons. The van der Waals surface area contributed by atoms with E-state index < -0.39 is 5.60 Å². The van der Waals surface area contributed by atoms with Crippen LogP contribution < -0.4 is 0 Å². The van der Waals surface area contributed by atoms with Gasteiger partial charge in [0.15, 0.2) is 0 Å². The van der Waals surface area contributed by atoms with E-state index in [1.54, 1.807) is 0 Å². The molecule has 15 heavy (non-hydrogen) atoms. The molecule has 2 atom stereocenters. The molecule has 0 aromatic rings. The van der Waals surface area contributed by atoms with E-state index in [9.17, 15) is 4.79 Å². The van der Waals surface area contributed by atoms with Gasteiger partial charge in [-0.3, -0.25) is 4.79 Å². The predicted molar refractivity (Wildman–Crippen MR) is 64.1 cm³/mol. The van der Waals surface area contributed by atoms with Crippen LogP contribution in [-0.2, 0) is 9.53 Å². The molecule has 2 unspecified atom stereocenters. The molecule has 0 bridgehead atoms. The number of aliphatic hydroxyl groups is 1. The van der Waals surface area contributed by atoms with Crippen molar-refractivity contribution in [3.63, 3.8) is 0 Å². The first-order valence-electron chi connectivity index (χ1n) is 5.25. The monoisotopic (exact) mass is 234 g/mol. The van der Waals surface area contributed by atoms with Gasteiger partial charge >= 0.3 is 5.97 Å². The standard InChI is InChI=1S/C11H22O3S/c1-8(6-7-12)15-9(2)10(13)14-11(3,4)5/h8-9,12H,6-7H2,1-5H3. The Kier molecular flexibility index (Phi) is 6.29. The van der Waals surface area contributed by atoms with Gasteiger partial charge in [0.1, 0.15) is 5.60 Å². The topological polar surface area (TPSA) is 46.5 Å². The van der Waals surface area contributed by atoms with E-state index in [-0.39, 0.29) is 23.1 Å². The Balaban J connectivity index is 3.99. The number of carbonyl (C=O) groups excluding carboxylic acids is 1. The number of thioether (sulfide) groups is 1. The predicted octanol–water partition coefficient (Wildman–Crippen LogP) is 2.22. The first-order chi connectivity index (χ1) is 6.76. The molecule has 0 aromatic carbocycles. The van der Waals surface area contributed by atoms with E-state index in [0.717, 1.165) is 0 Å². The molecular formula is C11H22O3S. The minimum Gasteiger partial charge on any atom is -0.459 e. The van der Waals surface area contributed by atoms with Gasteiger partial charge in [0.2, 0.25) is 0 Å². The Hall–Kier alpha value is -0.220. The van der Waals surface area contributed by atoms with Gasteiger partial charge in [-0.15, -0.1) is 11.8 Å². The van der Waals surface area contributed by atoms with Crippen LogP contribution >= 0.6 is 11.8 Å². The molecular weight excluding hydrogens is 212 g/mol. The summed E-state index contributed by atoms with van der Waals surface area (Å²) in [5.74, 6) is -0.183. The molecule has 90 valence electrons. The lowest BCUT2D eigenvalue weighted by atomic mass is 10.2. The molecule has 0 rings (SSSR count). The highest BCUT2D eigenvalue weighted by Gasteiger charge is 2.23. The summed E-state index contributed by atoms with van der Waals surface area (Å²) >= 11 is 1.54. The van der Waals surface area contributed by atoms with Crippen molar-refractivity contribution in [2.75, 3.05) is 6.61 Å². The minimum absolute atomic E-state index is 0.162. The fraction of sp³-hybridized carbons (Fsp3) is 0.909. The number of hydrogen-bond donors (Lipinski definition) is 1. The molecule has 0 aliphatic carbocycles. The van der Waals surface area contributed by atoms with Crippen molar-refractivity contribution >= 4 is 17.7 Å². The Morgan fingerprint density at radius 3 is 2.33 bits per heavy atom. The van der Waals surface area contributed by atoms with Crippen LogP contribution in [0.15, 0.2) is 0 Å². The van der Waals surface area contributed by atoms with Gasteiger partial charge in [0.05, 0.1) is 5.25 Å². The fourth-order valence-corrected chi connectivity index (χ4v) is 2.14. The second kappa shape index (κ2) is 6.38. The summed E-state index contributed by atoms with van der Waals surface area (Å²) in [6.07, 6.45) is 0.706. The second-order valence-electron chi connectivity index (χ2n) is 4.63. The van der Waals surface area contributed by atoms with Crippen molar-refractivity contribution in [3.05, 3.63) is 0 Å². The lowest BCUT2D eigenvalue weighted by molar-refractivity contribution is -0.153. The van der Waals surface area contributed by atoms with Gasteiger partial charge in [-0.05, 0) is 34.1 Å². The van der Waals surface area contributed by atoms with E-state index in [4.69, 9.17) is 9.84 Å². The molecule has 0 saturated heterocycles. The molecule has 4 heteroatoms. The lowest BCUT2D eigenvalue weighted by Gasteiger charge is -2.23. The van der Waals surface area contributed by atoms with Crippen molar-refractivity contribution in [2.45, 2.75) is 57.1 Å². The number of ether oxygens (including phenoxy) is 1. The number of esters is 1. The zero-order valence-electron chi connectivity index (χ0n) is 10.2. The van der Waals surface area contributed by atoms with Gasteiger partial charge in [-0.2, -0.15) is 0 Å². The second-order valence-corrected chi connectivity index (χ2v) is 6.42. The third-order valence-corrected chi connectivity index (χ3v) is 3.01. The molecule has 0 aliphatic heterocycles. The normalized spacial score (nSPS) is 15.9. The van der Waals surface area contributed by atoms with Crippen molar-refractivity contribution in [1.82, 2.24) is 0 Å². The Morgan fingerprint density at radius 2 is 1.93 bits per heavy atom. The van der Waals surface area contributed by atoms with Crippen molar-refractivity contribution in [3.8, 4) is 0 Å². The van der Waals surface area contributed by atoms with Gasteiger partial charge in [-0.1, -0.05) is 6.92 Å². The number of aliphatic hydroxyl groups excluding tert-OH is 1. The average Bonchev–Trinajstić information content (AvgIpc) is 2.00. The van der Waals surface area contributed by atoms with Crippen LogP contribution in [0.5, 0.6) is 0 Å². The summed E-state index contributed by atoms with van der Waals surface area (Å²) in [4.78, 5) is 11.6. The van der Waals surface area contributed by atoms with Gasteiger partial charge < -0.3 is 9.84 Å². The molecule has 0 aliphatic rings. The first-order valence-corrected chi connectivity index (χ1v) is 6.19. The summed E-state index contributed by atoms with van der Waals surface area (Å²) in [6.45, 7) is 9.59. The molecule has 0 aromatic heterocycles. The van der Waals surface area contributed by atoms with E-state index >= 15 is 0 Å². The highest BCUT2D eigenvalue weighted by molar-refractivity contribution is 8.01. The van der Waals surface area contributed by atoms with Gasteiger partial charge in [-0.25, -0.2) is 0 Å². The molecule has 3 nitrogen and oxygen atoms in total. The van der Waals surface area contributed by atoms with Gasteiger partial charge in [0, 0.05) is 11.9 Å². The molecule has 0 fully saturated rings. The van der Waals surface area contributed by atoms with Crippen LogP contribution in [0.2, 0.25) is 0 Å². The third-order valence-electron chi connectivity index (χ3n) is 1.71. The summed E-state index contributed by atoms with van der Waals surface area (Å²) in [6, 6.07) is 0. The molecule has 1 N–H and O–H groups in total. The van der Waals surface area contributed by atoms with Crippen LogP contribution in [0.3, 0.4) is 0 Å². The smallest absolute Gasteiger partial charge is 0.319 e. The quantitative estimate of drug-likeness (QED) is 0.741. The summed E-state index contributed by atoms with van der Waals surface area (Å²) in [5, 5.41) is 8.85. The van der Waals surface area contributed by atoms with E-state index in [2.05, 4.69) is 0 Å². The Labute approximate surface area is 96.6 Å². The zero-order chi connectivity index (χ0) is 12.1. The van der Waals surface area contributed by atoms with E-state index in [1.165, 1.54) is 11.8 Å². The van der Waals surface area contributed by atoms with Crippen LogP contribution in [0.1, 0.15) is 41.0 Å². The molecule has 0 spiro atoms. The maximum Gasteiger partial charge on any atom is 0.319 e. The average molecular weight is 234 g/mol. The molecule has 0 heterocycles. The Bertz CT molecular complexity index is 198. The number of rotatable bonds is 5. The van der Waals surface area contributed by atoms with Crippen LogP contribution in [-0.4, -0.2) is 33.8 Å². The highest BCUT2D eigenvalue weighted by Crippen LogP contribution is 2.22. The van der Waals surface area contributed by atoms with Crippen molar-refractivity contribution < 1.29 is 14.6 Å². The zero-order valence-corrected chi connectivity index (χ0v) is 11.1. The molecule has 0 saturated carbocycles. The SMILES string of the molecule is CC(CCO)SC(C)C(=O)OC(C)(C)C. The first kappa shape index (κ1) is 14.8. The van der Waals surface area contributed by atoms with Crippen LogP contribution in [0, 0.1) is 0 Å². The maximum atomic E-state index is 11.6. The summed E-state index contributed by atoms with van der Waals surface area (Å²) < 4.78 is 5.26. The van der Waals surface area contributed by atoms with Gasteiger partial charge in [0.25, 0.3) is 0 Å². The molecule has 0 amide bonds. The number of hydrogen-bond acceptors (Lipinski definition) is 4. The fourth-order valence-electron chi connectivity index (χ4n) is 1.04. The summed E-state index contributed by atoms with van der Waals surface area (Å²) in [7, 11) is 0.